The van der Waals surface area contributed by atoms with Gasteiger partial charge in [0.1, 0.15) is 18.5 Å². The van der Waals surface area contributed by atoms with Crippen LogP contribution in [0.15, 0.2) is 4.99 Å². The summed E-state index contributed by atoms with van der Waals surface area (Å²) in [5, 5.41) is 6.10. The summed E-state index contributed by atoms with van der Waals surface area (Å²) in [6, 6.07) is 0.217. The molecule has 0 bridgehead atoms. The third-order valence-electron chi connectivity index (χ3n) is 7.69. The summed E-state index contributed by atoms with van der Waals surface area (Å²) in [5.41, 5.74) is 6.16. The SMILES string of the molecule is CC1(CN=C(NC(=O)C2CCC(F)C(F)C2)NC2CC(C3CCC(F)CC3)NN2)CCCO1. The highest BCUT2D eigenvalue weighted by Gasteiger charge is 2.36. The Bertz CT molecular complexity index is 698. The summed E-state index contributed by atoms with van der Waals surface area (Å²) in [4.78, 5) is 17.4. The van der Waals surface area contributed by atoms with Crippen LogP contribution in [-0.4, -0.2) is 61.3 Å². The first-order valence-electron chi connectivity index (χ1n) is 12.5. The molecule has 1 amide bonds. The molecular weight excluding hydrogens is 435 g/mol. The van der Waals surface area contributed by atoms with Crippen molar-refractivity contribution in [3.05, 3.63) is 0 Å². The molecule has 33 heavy (non-hydrogen) atoms. The lowest BCUT2D eigenvalue weighted by Gasteiger charge is -2.29. The van der Waals surface area contributed by atoms with E-state index in [1.54, 1.807) is 0 Å². The highest BCUT2D eigenvalue weighted by atomic mass is 19.2. The predicted octanol–water partition coefficient (Wildman–Crippen LogP) is 2.81. The summed E-state index contributed by atoms with van der Waals surface area (Å²) < 4.78 is 46.7. The molecule has 0 aromatic carbocycles. The van der Waals surface area contributed by atoms with Crippen LogP contribution in [0, 0.1) is 11.8 Å². The first-order valence-corrected chi connectivity index (χ1v) is 12.5. The average molecular weight is 474 g/mol. The van der Waals surface area contributed by atoms with Crippen molar-refractivity contribution in [1.29, 1.82) is 0 Å². The Morgan fingerprint density at radius 2 is 1.85 bits per heavy atom. The van der Waals surface area contributed by atoms with Crippen molar-refractivity contribution in [3.8, 4) is 0 Å². The van der Waals surface area contributed by atoms with Crippen molar-refractivity contribution in [2.45, 2.75) is 107 Å². The number of ether oxygens (including phenoxy) is 1. The Hall–Kier alpha value is -1.39. The fourth-order valence-corrected chi connectivity index (χ4v) is 5.50. The summed E-state index contributed by atoms with van der Waals surface area (Å²) in [6.45, 7) is 3.09. The van der Waals surface area contributed by atoms with Gasteiger partial charge in [-0.05, 0) is 77.0 Å². The van der Waals surface area contributed by atoms with E-state index in [9.17, 15) is 18.0 Å². The molecule has 4 N–H and O–H groups in total. The van der Waals surface area contributed by atoms with Gasteiger partial charge >= 0.3 is 0 Å². The van der Waals surface area contributed by atoms with Gasteiger partial charge in [-0.15, -0.1) is 0 Å². The molecular formula is C23H38F3N5O2. The van der Waals surface area contributed by atoms with Gasteiger partial charge in [0, 0.05) is 18.6 Å². The van der Waals surface area contributed by atoms with Gasteiger partial charge in [0.15, 0.2) is 5.96 Å². The summed E-state index contributed by atoms with van der Waals surface area (Å²) in [6.07, 6.45) is 1.92. The lowest BCUT2D eigenvalue weighted by Crippen LogP contribution is -2.52. The van der Waals surface area contributed by atoms with Crippen molar-refractivity contribution in [3.63, 3.8) is 0 Å². The molecule has 4 fully saturated rings. The molecule has 2 aliphatic heterocycles. The third kappa shape index (κ3) is 6.60. The van der Waals surface area contributed by atoms with E-state index in [0.29, 0.717) is 44.3 Å². The van der Waals surface area contributed by atoms with Crippen LogP contribution in [0.5, 0.6) is 0 Å². The zero-order valence-electron chi connectivity index (χ0n) is 19.4. The second kappa shape index (κ2) is 10.9. The van der Waals surface area contributed by atoms with Crippen LogP contribution < -0.4 is 21.5 Å². The molecule has 2 saturated heterocycles. The maximum atomic E-state index is 13.8. The molecule has 4 rings (SSSR count). The predicted molar refractivity (Wildman–Crippen MR) is 120 cm³/mol. The van der Waals surface area contributed by atoms with Gasteiger partial charge in [0.2, 0.25) is 5.91 Å². The van der Waals surface area contributed by atoms with Crippen molar-refractivity contribution < 1.29 is 22.7 Å². The zero-order chi connectivity index (χ0) is 23.4. The maximum Gasteiger partial charge on any atom is 0.229 e. The molecule has 0 spiro atoms. The molecule has 4 aliphatic rings. The van der Waals surface area contributed by atoms with Crippen LogP contribution in [0.1, 0.15) is 71.1 Å². The van der Waals surface area contributed by atoms with Crippen LogP contribution >= 0.6 is 0 Å². The van der Waals surface area contributed by atoms with Crippen LogP contribution in [0.4, 0.5) is 13.2 Å². The number of aliphatic imine (C=N–C) groups is 1. The molecule has 188 valence electrons. The number of nitrogens with zero attached hydrogens (tertiary/aromatic N) is 1. The second-order valence-corrected chi connectivity index (χ2v) is 10.4. The van der Waals surface area contributed by atoms with Gasteiger partial charge in [-0.1, -0.05) is 0 Å². The topological polar surface area (TPSA) is 86.8 Å². The lowest BCUT2D eigenvalue weighted by molar-refractivity contribution is -0.125. The van der Waals surface area contributed by atoms with E-state index in [1.165, 1.54) is 0 Å². The highest BCUT2D eigenvalue weighted by Crippen LogP contribution is 2.31. The van der Waals surface area contributed by atoms with Crippen molar-refractivity contribution in [1.82, 2.24) is 21.5 Å². The van der Waals surface area contributed by atoms with Gasteiger partial charge in [-0.25, -0.2) is 23.6 Å². The smallest absolute Gasteiger partial charge is 0.229 e. The maximum absolute atomic E-state index is 13.8. The monoisotopic (exact) mass is 473 g/mol. The van der Waals surface area contributed by atoms with Crippen LogP contribution in [0.3, 0.4) is 0 Å². The number of alkyl halides is 3. The van der Waals surface area contributed by atoms with E-state index in [2.05, 4.69) is 26.5 Å². The minimum Gasteiger partial charge on any atom is -0.373 e. The fourth-order valence-electron chi connectivity index (χ4n) is 5.50. The zero-order valence-corrected chi connectivity index (χ0v) is 19.4. The molecule has 0 aromatic heterocycles. The van der Waals surface area contributed by atoms with E-state index in [1.807, 2.05) is 6.92 Å². The van der Waals surface area contributed by atoms with E-state index >= 15 is 0 Å². The fraction of sp³-hybridized carbons (Fsp3) is 0.913. The van der Waals surface area contributed by atoms with Gasteiger partial charge in [0.25, 0.3) is 0 Å². The minimum absolute atomic E-state index is 0.0575. The number of halogens is 3. The summed E-state index contributed by atoms with van der Waals surface area (Å²) in [7, 11) is 0. The number of hydrogen-bond donors (Lipinski definition) is 4. The van der Waals surface area contributed by atoms with Gasteiger partial charge in [-0.3, -0.25) is 15.5 Å². The van der Waals surface area contributed by atoms with Crippen molar-refractivity contribution in [2.24, 2.45) is 16.8 Å². The number of hydrazine groups is 1. The molecule has 0 aromatic rings. The normalized spacial score (nSPS) is 42.3. The Kier molecular flexibility index (Phi) is 8.17. The molecule has 6 unspecified atom stereocenters. The third-order valence-corrected chi connectivity index (χ3v) is 7.69. The van der Waals surface area contributed by atoms with E-state index in [-0.39, 0.29) is 36.6 Å². The minimum atomic E-state index is -1.60. The number of rotatable bonds is 5. The van der Waals surface area contributed by atoms with Crippen molar-refractivity contribution >= 4 is 11.9 Å². The number of hydrogen-bond acceptors (Lipinski definition) is 5. The largest absolute Gasteiger partial charge is 0.373 e. The van der Waals surface area contributed by atoms with Gasteiger partial charge in [0.05, 0.1) is 18.3 Å². The number of carbonyl (C=O) groups excluding carboxylic acids is 1. The summed E-state index contributed by atoms with van der Waals surface area (Å²) >= 11 is 0. The Morgan fingerprint density at radius 1 is 1.06 bits per heavy atom. The van der Waals surface area contributed by atoms with Crippen LogP contribution in [0.2, 0.25) is 0 Å². The first-order chi connectivity index (χ1) is 15.8. The lowest BCUT2D eigenvalue weighted by atomic mass is 9.82. The Morgan fingerprint density at radius 3 is 2.55 bits per heavy atom. The van der Waals surface area contributed by atoms with E-state index in [0.717, 1.165) is 32.1 Å². The Balaban J connectivity index is 1.36. The van der Waals surface area contributed by atoms with Gasteiger partial charge < -0.3 is 10.1 Å². The van der Waals surface area contributed by atoms with E-state index in [4.69, 9.17) is 4.74 Å². The number of amides is 1. The molecule has 2 aliphatic carbocycles. The number of carbonyl (C=O) groups is 1. The van der Waals surface area contributed by atoms with Crippen LogP contribution in [0.25, 0.3) is 0 Å². The molecule has 7 nitrogen and oxygen atoms in total. The first kappa shape index (κ1) is 24.7. The average Bonchev–Trinajstić information content (AvgIpc) is 3.44. The molecule has 0 radical (unpaired) electrons. The van der Waals surface area contributed by atoms with Crippen molar-refractivity contribution in [2.75, 3.05) is 13.2 Å². The summed E-state index contributed by atoms with van der Waals surface area (Å²) in [5.74, 6) is -0.177. The molecule has 2 saturated carbocycles. The quantitative estimate of drug-likeness (QED) is 0.365. The molecule has 2 heterocycles. The molecule has 10 heteroatoms. The standard InChI is InChI=1S/C23H38F3N5O2/c1-23(9-2-10-33-23)13-27-22(29-21(32)15-5-8-17(25)18(26)11-15)28-20-12-19(30-31-20)14-3-6-16(24)7-4-14/h14-20,30-31H,2-13H2,1H3,(H2,27,28,29,32). The molecule has 6 atom stereocenters. The number of guanidine groups is 1. The Labute approximate surface area is 194 Å². The van der Waals surface area contributed by atoms with Gasteiger partial charge in [-0.2, -0.15) is 0 Å². The second-order valence-electron chi connectivity index (χ2n) is 10.4. The number of nitrogens with one attached hydrogen (secondary N) is 4. The van der Waals surface area contributed by atoms with E-state index < -0.39 is 24.4 Å². The van der Waals surface area contributed by atoms with Crippen LogP contribution in [-0.2, 0) is 9.53 Å². The highest BCUT2D eigenvalue weighted by molar-refractivity contribution is 5.98.